The lowest BCUT2D eigenvalue weighted by Gasteiger charge is -2.15. The quantitative estimate of drug-likeness (QED) is 0.392. The highest BCUT2D eigenvalue weighted by molar-refractivity contribution is 8.18. The molecule has 9 nitrogen and oxygen atoms in total. The number of methoxy groups -OCH3 is 1. The number of rotatable bonds is 10. The van der Waals surface area contributed by atoms with Gasteiger partial charge in [-0.05, 0) is 55.8 Å². The van der Waals surface area contributed by atoms with E-state index >= 15 is 0 Å². The standard InChI is InChI=1S/C21H25NO8S/c1-5-13(3)30-18(23)11-22-20(25)17(31-21(22)26)10-14-7-8-15(16(9-14)28-6-2)29-12-19(24)27-4/h7-10,13H,5-6,11-12H2,1-4H3/b17-10+/t13-/m1/s1. The van der Waals surface area contributed by atoms with E-state index in [4.69, 9.17) is 14.2 Å². The Morgan fingerprint density at radius 2 is 1.87 bits per heavy atom. The second kappa shape index (κ2) is 11.4. The molecular formula is C21H25NO8S. The van der Waals surface area contributed by atoms with Crippen LogP contribution in [-0.4, -0.2) is 61.0 Å². The largest absolute Gasteiger partial charge is 0.490 e. The van der Waals surface area contributed by atoms with Gasteiger partial charge in [0.15, 0.2) is 18.1 Å². The van der Waals surface area contributed by atoms with Crippen molar-refractivity contribution in [1.29, 1.82) is 0 Å². The van der Waals surface area contributed by atoms with E-state index in [-0.39, 0.29) is 17.6 Å². The normalized spacial score (nSPS) is 15.7. The van der Waals surface area contributed by atoms with Crippen LogP contribution in [0.4, 0.5) is 4.79 Å². The number of hydrogen-bond donors (Lipinski definition) is 0. The van der Waals surface area contributed by atoms with Crippen LogP contribution in [0.2, 0.25) is 0 Å². The first-order valence-corrected chi connectivity index (χ1v) is 10.5. The number of benzene rings is 1. The molecule has 0 aliphatic carbocycles. The van der Waals surface area contributed by atoms with Crippen LogP contribution < -0.4 is 9.47 Å². The van der Waals surface area contributed by atoms with Gasteiger partial charge in [-0.15, -0.1) is 0 Å². The minimum absolute atomic E-state index is 0.173. The summed E-state index contributed by atoms with van der Waals surface area (Å²) in [6.07, 6.45) is 1.87. The monoisotopic (exact) mass is 451 g/mol. The Labute approximate surface area is 184 Å². The van der Waals surface area contributed by atoms with Crippen LogP contribution in [0.1, 0.15) is 32.8 Å². The molecule has 0 spiro atoms. The van der Waals surface area contributed by atoms with E-state index in [0.717, 1.165) is 16.7 Å². The van der Waals surface area contributed by atoms with Crippen molar-refractivity contribution in [1.82, 2.24) is 4.90 Å². The van der Waals surface area contributed by atoms with Gasteiger partial charge in [0.05, 0.1) is 24.7 Å². The summed E-state index contributed by atoms with van der Waals surface area (Å²) >= 11 is 0.741. The number of esters is 2. The van der Waals surface area contributed by atoms with Crippen molar-refractivity contribution in [3.05, 3.63) is 28.7 Å². The van der Waals surface area contributed by atoms with Gasteiger partial charge < -0.3 is 18.9 Å². The smallest absolute Gasteiger partial charge is 0.343 e. The average Bonchev–Trinajstić information content (AvgIpc) is 3.00. The Balaban J connectivity index is 2.15. The molecule has 1 aromatic carbocycles. The van der Waals surface area contributed by atoms with E-state index in [1.54, 1.807) is 32.0 Å². The summed E-state index contributed by atoms with van der Waals surface area (Å²) in [5.74, 6) is -1.03. The first-order chi connectivity index (χ1) is 14.8. The molecular weight excluding hydrogens is 426 g/mol. The lowest BCUT2D eigenvalue weighted by Crippen LogP contribution is -2.35. The molecule has 0 saturated carbocycles. The van der Waals surface area contributed by atoms with E-state index in [1.165, 1.54) is 13.2 Å². The van der Waals surface area contributed by atoms with Gasteiger partial charge in [0, 0.05) is 0 Å². The molecule has 1 fully saturated rings. The molecule has 31 heavy (non-hydrogen) atoms. The molecule has 0 unspecified atom stereocenters. The van der Waals surface area contributed by atoms with Crippen LogP contribution in [0.25, 0.3) is 6.08 Å². The number of ether oxygens (including phenoxy) is 4. The van der Waals surface area contributed by atoms with Crippen molar-refractivity contribution < 1.29 is 38.1 Å². The summed E-state index contributed by atoms with van der Waals surface area (Å²) in [5.41, 5.74) is 0.585. The molecule has 10 heteroatoms. The van der Waals surface area contributed by atoms with E-state index in [0.29, 0.717) is 30.1 Å². The van der Waals surface area contributed by atoms with Gasteiger partial charge in [0.25, 0.3) is 11.1 Å². The number of hydrogen-bond acceptors (Lipinski definition) is 9. The predicted octanol–water partition coefficient (Wildman–Crippen LogP) is 3.02. The number of carbonyl (C=O) groups excluding carboxylic acids is 4. The van der Waals surface area contributed by atoms with Gasteiger partial charge in [-0.3, -0.25) is 19.3 Å². The van der Waals surface area contributed by atoms with Crippen LogP contribution in [0.5, 0.6) is 11.5 Å². The fourth-order valence-corrected chi connectivity index (χ4v) is 3.30. The molecule has 1 heterocycles. The van der Waals surface area contributed by atoms with Crippen molar-refractivity contribution in [2.24, 2.45) is 0 Å². The molecule has 2 amide bonds. The maximum absolute atomic E-state index is 12.6. The van der Waals surface area contributed by atoms with Crippen molar-refractivity contribution in [3.63, 3.8) is 0 Å². The van der Waals surface area contributed by atoms with Crippen molar-refractivity contribution >= 4 is 40.9 Å². The van der Waals surface area contributed by atoms with Gasteiger partial charge >= 0.3 is 11.9 Å². The molecule has 168 valence electrons. The molecule has 1 atom stereocenters. The molecule has 0 N–H and O–H groups in total. The molecule has 0 aromatic heterocycles. The third-order valence-corrected chi connectivity index (χ3v) is 5.11. The average molecular weight is 451 g/mol. The Morgan fingerprint density at radius 1 is 1.13 bits per heavy atom. The maximum Gasteiger partial charge on any atom is 0.343 e. The summed E-state index contributed by atoms with van der Waals surface area (Å²) in [6.45, 7) is 5.04. The number of imide groups is 1. The lowest BCUT2D eigenvalue weighted by atomic mass is 10.2. The van der Waals surface area contributed by atoms with Gasteiger partial charge in [-0.25, -0.2) is 4.79 Å². The highest BCUT2D eigenvalue weighted by atomic mass is 32.2. The van der Waals surface area contributed by atoms with E-state index in [1.807, 2.05) is 6.92 Å². The second-order valence-electron chi connectivity index (χ2n) is 6.48. The number of thioether (sulfide) groups is 1. The summed E-state index contributed by atoms with van der Waals surface area (Å²) in [5, 5.41) is -0.541. The summed E-state index contributed by atoms with van der Waals surface area (Å²) in [7, 11) is 1.26. The van der Waals surface area contributed by atoms with Gasteiger partial charge in [-0.1, -0.05) is 13.0 Å². The zero-order chi connectivity index (χ0) is 23.0. The van der Waals surface area contributed by atoms with Crippen molar-refractivity contribution in [3.8, 4) is 11.5 Å². The maximum atomic E-state index is 12.6. The first-order valence-electron chi connectivity index (χ1n) is 9.70. The van der Waals surface area contributed by atoms with Gasteiger partial charge in [0.2, 0.25) is 0 Å². The van der Waals surface area contributed by atoms with Gasteiger partial charge in [-0.2, -0.15) is 0 Å². The van der Waals surface area contributed by atoms with Crippen LogP contribution in [0, 0.1) is 0 Å². The molecule has 1 saturated heterocycles. The molecule has 1 aliphatic heterocycles. The summed E-state index contributed by atoms with van der Waals surface area (Å²) in [6, 6.07) is 4.87. The van der Waals surface area contributed by atoms with Crippen LogP contribution in [-0.2, 0) is 23.9 Å². The van der Waals surface area contributed by atoms with E-state index in [9.17, 15) is 19.2 Å². The molecule has 0 radical (unpaired) electrons. The summed E-state index contributed by atoms with van der Waals surface area (Å²) in [4.78, 5) is 49.1. The van der Waals surface area contributed by atoms with E-state index < -0.39 is 29.6 Å². The molecule has 1 aliphatic rings. The molecule has 1 aromatic rings. The molecule has 0 bridgehead atoms. The van der Waals surface area contributed by atoms with Crippen LogP contribution in [0.15, 0.2) is 23.1 Å². The number of carbonyl (C=O) groups is 4. The fraction of sp³-hybridized carbons (Fsp3) is 0.429. The minimum atomic E-state index is -0.636. The Kier molecular flexibility index (Phi) is 8.92. The van der Waals surface area contributed by atoms with Gasteiger partial charge in [0.1, 0.15) is 6.54 Å². The van der Waals surface area contributed by atoms with E-state index in [2.05, 4.69) is 4.74 Å². The summed E-state index contributed by atoms with van der Waals surface area (Å²) < 4.78 is 20.6. The Bertz CT molecular complexity index is 882. The molecule has 2 rings (SSSR count). The van der Waals surface area contributed by atoms with Crippen LogP contribution in [0.3, 0.4) is 0 Å². The topological polar surface area (TPSA) is 108 Å². The lowest BCUT2D eigenvalue weighted by molar-refractivity contribution is -0.150. The Hall–Kier alpha value is -3.01. The first kappa shape index (κ1) is 24.3. The highest BCUT2D eigenvalue weighted by Crippen LogP contribution is 2.34. The SMILES string of the molecule is CCOc1cc(/C=C2/SC(=O)N(CC(=O)O[C@H](C)CC)C2=O)ccc1OCC(=O)OC. The van der Waals surface area contributed by atoms with Crippen molar-refractivity contribution in [2.75, 3.05) is 26.9 Å². The van der Waals surface area contributed by atoms with Crippen LogP contribution >= 0.6 is 11.8 Å². The zero-order valence-corrected chi connectivity index (χ0v) is 18.7. The third-order valence-electron chi connectivity index (χ3n) is 4.21. The fourth-order valence-electron chi connectivity index (χ4n) is 2.46. The minimum Gasteiger partial charge on any atom is -0.490 e. The number of nitrogens with zero attached hydrogens (tertiary/aromatic N) is 1. The zero-order valence-electron chi connectivity index (χ0n) is 17.8. The number of amides is 2. The third kappa shape index (κ3) is 6.74. The highest BCUT2D eigenvalue weighted by Gasteiger charge is 2.36. The van der Waals surface area contributed by atoms with Crippen molar-refractivity contribution in [2.45, 2.75) is 33.3 Å². The Morgan fingerprint density at radius 3 is 2.52 bits per heavy atom. The predicted molar refractivity (Wildman–Crippen MR) is 114 cm³/mol. The second-order valence-corrected chi connectivity index (χ2v) is 7.47.